The van der Waals surface area contributed by atoms with E-state index >= 15 is 0 Å². The molecule has 0 unspecified atom stereocenters. The van der Waals surface area contributed by atoms with E-state index in [4.69, 9.17) is 4.42 Å². The number of benzene rings is 2. The molecule has 0 spiro atoms. The van der Waals surface area contributed by atoms with Crippen LogP contribution in [0.1, 0.15) is 28.4 Å². The van der Waals surface area contributed by atoms with Gasteiger partial charge in [-0.25, -0.2) is 4.98 Å². The van der Waals surface area contributed by atoms with Crippen molar-refractivity contribution in [2.75, 3.05) is 0 Å². The van der Waals surface area contributed by atoms with E-state index in [1.165, 1.54) is 11.1 Å². The molecule has 0 bridgehead atoms. The minimum absolute atomic E-state index is 0.0934. The summed E-state index contributed by atoms with van der Waals surface area (Å²) in [6, 6.07) is 22.3. The van der Waals surface area contributed by atoms with Gasteiger partial charge in [-0.3, -0.25) is 9.78 Å². The molecule has 0 N–H and O–H groups in total. The Labute approximate surface area is 163 Å². The third-order valence-electron chi connectivity index (χ3n) is 4.63. The Kier molecular flexibility index (Phi) is 5.11. The van der Waals surface area contributed by atoms with Gasteiger partial charge in [0.15, 0.2) is 5.76 Å². The number of Topliss-reactive ketones (excluding diaryl/α,β-unsaturated/α-hetero) is 1. The van der Waals surface area contributed by atoms with Gasteiger partial charge in [0.1, 0.15) is 0 Å². The molecule has 138 valence electrons. The van der Waals surface area contributed by atoms with Crippen LogP contribution in [0.4, 0.5) is 0 Å². The molecule has 0 atom stereocenters. The van der Waals surface area contributed by atoms with E-state index < -0.39 is 0 Å². The van der Waals surface area contributed by atoms with Gasteiger partial charge >= 0.3 is 0 Å². The number of hydrogen-bond donors (Lipinski definition) is 0. The number of nitrogens with zero attached hydrogens (tertiary/aromatic N) is 2. The lowest BCUT2D eigenvalue weighted by Gasteiger charge is -2.04. The van der Waals surface area contributed by atoms with E-state index in [1.54, 1.807) is 12.4 Å². The zero-order valence-corrected chi connectivity index (χ0v) is 15.6. The summed E-state index contributed by atoms with van der Waals surface area (Å²) in [4.78, 5) is 20.8. The number of aryl methyl sites for hydroxylation is 2. The highest BCUT2D eigenvalue weighted by molar-refractivity contribution is 5.92. The fourth-order valence-electron chi connectivity index (χ4n) is 3.09. The summed E-state index contributed by atoms with van der Waals surface area (Å²) in [5, 5.41) is 0. The molecule has 4 nitrogen and oxygen atoms in total. The highest BCUT2D eigenvalue weighted by atomic mass is 16.4. The van der Waals surface area contributed by atoms with E-state index in [-0.39, 0.29) is 11.7 Å². The first-order valence-electron chi connectivity index (χ1n) is 9.25. The van der Waals surface area contributed by atoms with Crippen molar-refractivity contribution in [3.63, 3.8) is 0 Å². The van der Waals surface area contributed by atoms with E-state index in [1.807, 2.05) is 37.3 Å². The number of aromatic nitrogens is 2. The van der Waals surface area contributed by atoms with E-state index in [9.17, 15) is 4.79 Å². The Hall–Kier alpha value is -3.53. The maximum Gasteiger partial charge on any atom is 0.263 e. The molecule has 28 heavy (non-hydrogen) atoms. The monoisotopic (exact) mass is 368 g/mol. The second-order valence-corrected chi connectivity index (χ2v) is 6.70. The van der Waals surface area contributed by atoms with E-state index in [0.717, 1.165) is 16.8 Å². The van der Waals surface area contributed by atoms with Crippen molar-refractivity contribution in [2.24, 2.45) is 0 Å². The van der Waals surface area contributed by atoms with Gasteiger partial charge in [0.25, 0.3) is 5.89 Å². The van der Waals surface area contributed by atoms with Crippen LogP contribution in [0.3, 0.4) is 0 Å². The summed E-state index contributed by atoms with van der Waals surface area (Å²) >= 11 is 0. The number of hydrogen-bond acceptors (Lipinski definition) is 4. The summed E-state index contributed by atoms with van der Waals surface area (Å²) in [5.74, 6) is 0.649. The van der Waals surface area contributed by atoms with Gasteiger partial charge in [-0.05, 0) is 42.2 Å². The van der Waals surface area contributed by atoms with E-state index in [0.29, 0.717) is 18.6 Å². The molecule has 2 heterocycles. The zero-order chi connectivity index (χ0) is 19.3. The normalized spacial score (nSPS) is 10.8. The standard InChI is InChI=1S/C24H20N2O2/c1-17-15-21(13-14-25-17)23-16-26-24(28-23)22(27)12-9-18-7-10-20(11-8-18)19-5-3-2-4-6-19/h2-8,10-11,13-16H,9,12H2,1H3. The Bertz CT molecular complexity index is 1080. The summed E-state index contributed by atoms with van der Waals surface area (Å²) < 4.78 is 5.66. The van der Waals surface area contributed by atoms with Crippen molar-refractivity contribution in [1.29, 1.82) is 0 Å². The van der Waals surface area contributed by atoms with Crippen LogP contribution in [0.15, 0.2) is 83.5 Å². The van der Waals surface area contributed by atoms with Crippen LogP contribution >= 0.6 is 0 Å². The summed E-state index contributed by atoms with van der Waals surface area (Å²) in [6.07, 6.45) is 4.32. The molecule has 0 fully saturated rings. The highest BCUT2D eigenvalue weighted by Crippen LogP contribution is 2.22. The Morgan fingerprint density at radius 1 is 0.893 bits per heavy atom. The molecule has 0 saturated heterocycles. The largest absolute Gasteiger partial charge is 0.434 e. The minimum Gasteiger partial charge on any atom is -0.434 e. The van der Waals surface area contributed by atoms with Gasteiger partial charge in [-0.2, -0.15) is 0 Å². The fraction of sp³-hybridized carbons (Fsp3) is 0.125. The lowest BCUT2D eigenvalue weighted by atomic mass is 10.0. The van der Waals surface area contributed by atoms with Crippen molar-refractivity contribution < 1.29 is 9.21 Å². The number of carbonyl (C=O) groups excluding carboxylic acids is 1. The molecule has 0 aliphatic carbocycles. The molecule has 4 aromatic rings. The first-order chi connectivity index (χ1) is 13.7. The number of rotatable bonds is 6. The lowest BCUT2D eigenvalue weighted by molar-refractivity contribution is 0.0950. The van der Waals surface area contributed by atoms with Gasteiger partial charge in [-0.1, -0.05) is 54.6 Å². The molecule has 4 heteroatoms. The maximum absolute atomic E-state index is 12.4. The molecule has 0 aliphatic rings. The Morgan fingerprint density at radius 3 is 2.39 bits per heavy atom. The average molecular weight is 368 g/mol. The first-order valence-corrected chi connectivity index (χ1v) is 9.25. The zero-order valence-electron chi connectivity index (χ0n) is 15.6. The second-order valence-electron chi connectivity index (χ2n) is 6.70. The second kappa shape index (κ2) is 8.01. The van der Waals surface area contributed by atoms with Gasteiger partial charge in [-0.15, -0.1) is 0 Å². The fourth-order valence-corrected chi connectivity index (χ4v) is 3.09. The number of carbonyl (C=O) groups is 1. The van der Waals surface area contributed by atoms with Crippen molar-refractivity contribution in [2.45, 2.75) is 19.8 Å². The molecule has 0 amide bonds. The maximum atomic E-state index is 12.4. The smallest absolute Gasteiger partial charge is 0.263 e. The third-order valence-corrected chi connectivity index (χ3v) is 4.63. The molecular weight excluding hydrogens is 348 g/mol. The van der Waals surface area contributed by atoms with Crippen LogP contribution in [0, 0.1) is 6.92 Å². The van der Waals surface area contributed by atoms with Crippen LogP contribution in [0.2, 0.25) is 0 Å². The molecule has 4 rings (SSSR count). The van der Waals surface area contributed by atoms with Crippen LogP contribution in [-0.4, -0.2) is 15.8 Å². The number of pyridine rings is 1. The molecule has 0 aliphatic heterocycles. The van der Waals surface area contributed by atoms with Gasteiger partial charge < -0.3 is 4.42 Å². The van der Waals surface area contributed by atoms with Crippen molar-refractivity contribution in [1.82, 2.24) is 9.97 Å². The molecule has 2 aromatic heterocycles. The quantitative estimate of drug-likeness (QED) is 0.420. The lowest BCUT2D eigenvalue weighted by Crippen LogP contribution is -2.01. The number of oxazole rings is 1. The summed E-state index contributed by atoms with van der Waals surface area (Å²) in [7, 11) is 0. The van der Waals surface area contributed by atoms with Crippen molar-refractivity contribution in [3.8, 4) is 22.5 Å². The number of ketones is 1. The Balaban J connectivity index is 1.39. The predicted octanol–water partition coefficient (Wildman–Crippen LogP) is 5.53. The summed E-state index contributed by atoms with van der Waals surface area (Å²) in [5.41, 5.74) is 5.23. The first kappa shape index (κ1) is 17.9. The highest BCUT2D eigenvalue weighted by Gasteiger charge is 2.14. The minimum atomic E-state index is -0.0934. The average Bonchev–Trinajstić information content (AvgIpc) is 3.24. The van der Waals surface area contributed by atoms with Crippen LogP contribution in [0.5, 0.6) is 0 Å². The predicted molar refractivity (Wildman–Crippen MR) is 109 cm³/mol. The molecular formula is C24H20N2O2. The summed E-state index contributed by atoms with van der Waals surface area (Å²) in [6.45, 7) is 1.91. The molecule has 2 aromatic carbocycles. The van der Waals surface area contributed by atoms with Crippen molar-refractivity contribution in [3.05, 3.63) is 96.3 Å². The Morgan fingerprint density at radius 2 is 1.64 bits per heavy atom. The molecule has 0 radical (unpaired) electrons. The third kappa shape index (κ3) is 4.07. The van der Waals surface area contributed by atoms with Crippen molar-refractivity contribution >= 4 is 5.78 Å². The van der Waals surface area contributed by atoms with Crippen LogP contribution < -0.4 is 0 Å². The SMILES string of the molecule is Cc1cc(-c2cnc(C(=O)CCc3ccc(-c4ccccc4)cc3)o2)ccn1. The molecule has 0 saturated carbocycles. The van der Waals surface area contributed by atoms with Crippen LogP contribution in [0.25, 0.3) is 22.5 Å². The van der Waals surface area contributed by atoms with Gasteiger partial charge in [0, 0.05) is 23.9 Å². The van der Waals surface area contributed by atoms with E-state index in [2.05, 4.69) is 46.4 Å². The van der Waals surface area contributed by atoms with Crippen LogP contribution in [-0.2, 0) is 6.42 Å². The van der Waals surface area contributed by atoms with Gasteiger partial charge in [0.05, 0.1) is 6.20 Å². The van der Waals surface area contributed by atoms with Gasteiger partial charge in [0.2, 0.25) is 5.78 Å². The topological polar surface area (TPSA) is 56.0 Å².